The summed E-state index contributed by atoms with van der Waals surface area (Å²) in [4.78, 5) is 38.3. The summed E-state index contributed by atoms with van der Waals surface area (Å²) >= 11 is 0. The first-order chi connectivity index (χ1) is 11.8. The first kappa shape index (κ1) is 18.3. The van der Waals surface area contributed by atoms with E-state index in [1.807, 2.05) is 0 Å². The van der Waals surface area contributed by atoms with Crippen molar-refractivity contribution in [3.63, 3.8) is 0 Å². The van der Waals surface area contributed by atoms with E-state index in [2.05, 4.69) is 4.98 Å². The van der Waals surface area contributed by atoms with Crippen LogP contribution in [0.2, 0.25) is 0 Å². The first-order valence-corrected chi connectivity index (χ1v) is 7.63. The quantitative estimate of drug-likeness (QED) is 0.495. The highest BCUT2D eigenvalue weighted by Gasteiger charge is 2.20. The second-order valence-electron chi connectivity index (χ2n) is 5.60. The highest BCUT2D eigenvalue weighted by Crippen LogP contribution is 2.19. The number of aromatic amines is 1. The van der Waals surface area contributed by atoms with Crippen molar-refractivity contribution >= 4 is 23.6 Å². The number of nitrogens with one attached hydrogen (secondary N) is 1. The highest BCUT2D eigenvalue weighted by molar-refractivity contribution is 6.04. The summed E-state index contributed by atoms with van der Waals surface area (Å²) in [5.74, 6) is -1.61. The van der Waals surface area contributed by atoms with E-state index in [-0.39, 0.29) is 17.3 Å². The highest BCUT2D eigenvalue weighted by atomic mass is 19.1. The fraction of sp³-hybridized carbons (Fsp3) is 0.211. The number of carbonyl (C=O) groups excluding carboxylic acids is 3. The molecule has 1 heterocycles. The smallest absolute Gasteiger partial charge is 0.331 e. The maximum absolute atomic E-state index is 12.8. The summed E-state index contributed by atoms with van der Waals surface area (Å²) in [6.07, 6.45) is 2.62. The topological polar surface area (TPSA) is 76.2 Å². The van der Waals surface area contributed by atoms with E-state index < -0.39 is 18.4 Å². The molecule has 1 aromatic heterocycles. The fourth-order valence-corrected chi connectivity index (χ4v) is 2.55. The molecule has 0 saturated carbocycles. The number of aromatic nitrogens is 1. The molecule has 1 N–H and O–H groups in total. The average Bonchev–Trinajstić information content (AvgIpc) is 2.86. The van der Waals surface area contributed by atoms with Crippen molar-refractivity contribution in [3.8, 4) is 0 Å². The van der Waals surface area contributed by atoms with Gasteiger partial charge < -0.3 is 9.72 Å². The van der Waals surface area contributed by atoms with Crippen LogP contribution in [0.3, 0.4) is 0 Å². The summed E-state index contributed by atoms with van der Waals surface area (Å²) in [6, 6.07) is 5.58. The Bertz CT molecular complexity index is 847. The number of halogens is 1. The number of aryl methyl sites for hydroxylation is 1. The molecule has 0 fully saturated rings. The number of ketones is 2. The molecule has 6 heteroatoms. The van der Waals surface area contributed by atoms with E-state index in [0.29, 0.717) is 22.4 Å². The third-order valence-corrected chi connectivity index (χ3v) is 3.70. The molecule has 0 aliphatic heterocycles. The maximum atomic E-state index is 12.8. The molecule has 0 saturated heterocycles. The minimum Gasteiger partial charge on any atom is -0.454 e. The number of esters is 1. The van der Waals surface area contributed by atoms with E-state index in [1.165, 1.54) is 37.3 Å². The molecule has 0 bridgehead atoms. The third kappa shape index (κ3) is 4.50. The number of hydrogen-bond acceptors (Lipinski definition) is 4. The lowest BCUT2D eigenvalue weighted by atomic mass is 10.1. The number of rotatable bonds is 6. The maximum Gasteiger partial charge on any atom is 0.331 e. The van der Waals surface area contributed by atoms with Gasteiger partial charge in [0, 0.05) is 17.3 Å². The fourth-order valence-electron chi connectivity index (χ4n) is 2.55. The molecule has 2 rings (SSSR count). The van der Waals surface area contributed by atoms with Gasteiger partial charge in [0.15, 0.2) is 12.4 Å². The molecule has 0 aliphatic carbocycles. The van der Waals surface area contributed by atoms with E-state index in [9.17, 15) is 18.8 Å². The van der Waals surface area contributed by atoms with Gasteiger partial charge in [-0.15, -0.1) is 0 Å². The normalized spacial score (nSPS) is 10.9. The minimum absolute atomic E-state index is 0.135. The molecule has 0 aliphatic rings. The van der Waals surface area contributed by atoms with Crippen molar-refractivity contribution in [2.75, 3.05) is 6.61 Å². The standard InChI is InChI=1S/C19H18FNO4/c1-11-18(13(3)22)12(2)21-19(11)16(23)10-25-17(24)9-6-14-4-7-15(20)8-5-14/h4-9,21H,10H2,1-3H3. The zero-order chi connectivity index (χ0) is 18.6. The zero-order valence-electron chi connectivity index (χ0n) is 14.2. The Labute approximate surface area is 144 Å². The van der Waals surface area contributed by atoms with Gasteiger partial charge in [-0.2, -0.15) is 0 Å². The molecule has 2 aromatic rings. The van der Waals surface area contributed by atoms with Gasteiger partial charge in [-0.25, -0.2) is 9.18 Å². The molecule has 1 aromatic carbocycles. The summed E-state index contributed by atoms with van der Waals surface area (Å²) in [5.41, 5.74) is 2.53. The Kier molecular flexibility index (Phi) is 5.64. The van der Waals surface area contributed by atoms with Crippen LogP contribution in [0.1, 0.15) is 44.6 Å². The summed E-state index contributed by atoms with van der Waals surface area (Å²) in [7, 11) is 0. The Morgan fingerprint density at radius 2 is 1.80 bits per heavy atom. The van der Waals surface area contributed by atoms with Gasteiger partial charge in [0.1, 0.15) is 5.82 Å². The molecule has 0 unspecified atom stereocenters. The lowest BCUT2D eigenvalue weighted by molar-refractivity contribution is -0.136. The van der Waals surface area contributed by atoms with Gasteiger partial charge in [0.05, 0.1) is 5.69 Å². The Morgan fingerprint density at radius 3 is 2.36 bits per heavy atom. The second kappa shape index (κ2) is 7.70. The minimum atomic E-state index is -0.689. The molecule has 5 nitrogen and oxygen atoms in total. The van der Waals surface area contributed by atoms with Crippen LogP contribution in [-0.4, -0.2) is 29.1 Å². The first-order valence-electron chi connectivity index (χ1n) is 7.63. The molecule has 25 heavy (non-hydrogen) atoms. The van der Waals surface area contributed by atoms with Gasteiger partial charge in [-0.1, -0.05) is 12.1 Å². The van der Waals surface area contributed by atoms with E-state index >= 15 is 0 Å². The number of carbonyl (C=O) groups is 3. The van der Waals surface area contributed by atoms with Gasteiger partial charge in [-0.3, -0.25) is 9.59 Å². The largest absolute Gasteiger partial charge is 0.454 e. The van der Waals surface area contributed by atoms with Crippen LogP contribution >= 0.6 is 0 Å². The Morgan fingerprint density at radius 1 is 1.16 bits per heavy atom. The van der Waals surface area contributed by atoms with Crippen molar-refractivity contribution in [3.05, 3.63) is 64.2 Å². The molecule has 0 amide bonds. The molecule has 0 spiro atoms. The monoisotopic (exact) mass is 343 g/mol. The number of ether oxygens (including phenoxy) is 1. The van der Waals surface area contributed by atoms with Crippen molar-refractivity contribution in [2.24, 2.45) is 0 Å². The van der Waals surface area contributed by atoms with Gasteiger partial charge in [0.25, 0.3) is 0 Å². The molecule has 0 atom stereocenters. The van der Waals surface area contributed by atoms with E-state index in [4.69, 9.17) is 4.74 Å². The lowest BCUT2D eigenvalue weighted by Gasteiger charge is -2.02. The van der Waals surface area contributed by atoms with Gasteiger partial charge in [-0.05, 0) is 50.1 Å². The van der Waals surface area contributed by atoms with Crippen molar-refractivity contribution < 1.29 is 23.5 Å². The van der Waals surface area contributed by atoms with Gasteiger partial charge >= 0.3 is 5.97 Å². The molecular formula is C19H18FNO4. The molecular weight excluding hydrogens is 325 g/mol. The summed E-state index contributed by atoms with van der Waals surface area (Å²) in [5, 5.41) is 0. The van der Waals surface area contributed by atoms with Gasteiger partial charge in [0.2, 0.25) is 5.78 Å². The van der Waals surface area contributed by atoms with Crippen LogP contribution in [-0.2, 0) is 9.53 Å². The Balaban J connectivity index is 1.98. The SMILES string of the molecule is CC(=O)c1c(C)[nH]c(C(=O)COC(=O)C=Cc2ccc(F)cc2)c1C. The van der Waals surface area contributed by atoms with Crippen LogP contribution in [0.15, 0.2) is 30.3 Å². The number of hydrogen-bond donors (Lipinski definition) is 1. The molecule has 130 valence electrons. The molecule has 0 radical (unpaired) electrons. The lowest BCUT2D eigenvalue weighted by Crippen LogP contribution is -2.14. The summed E-state index contributed by atoms with van der Waals surface area (Å²) in [6.45, 7) is 4.37. The van der Waals surface area contributed by atoms with Crippen LogP contribution < -0.4 is 0 Å². The van der Waals surface area contributed by atoms with Crippen LogP contribution in [0, 0.1) is 19.7 Å². The predicted molar refractivity (Wildman–Crippen MR) is 91.0 cm³/mol. The second-order valence-corrected chi connectivity index (χ2v) is 5.60. The van der Waals surface area contributed by atoms with Crippen LogP contribution in [0.25, 0.3) is 6.08 Å². The third-order valence-electron chi connectivity index (χ3n) is 3.70. The number of Topliss-reactive ketones (excluding diaryl/α,β-unsaturated/α-hetero) is 2. The zero-order valence-corrected chi connectivity index (χ0v) is 14.2. The Hall–Kier alpha value is -3.02. The van der Waals surface area contributed by atoms with Crippen molar-refractivity contribution in [1.29, 1.82) is 0 Å². The van der Waals surface area contributed by atoms with Crippen LogP contribution in [0.5, 0.6) is 0 Å². The predicted octanol–water partition coefficient (Wildman–Crippen LogP) is 3.41. The average molecular weight is 343 g/mol. The van der Waals surface area contributed by atoms with Crippen molar-refractivity contribution in [1.82, 2.24) is 4.98 Å². The van der Waals surface area contributed by atoms with E-state index in [1.54, 1.807) is 13.8 Å². The van der Waals surface area contributed by atoms with E-state index in [0.717, 1.165) is 6.08 Å². The summed E-state index contributed by atoms with van der Waals surface area (Å²) < 4.78 is 17.7. The number of benzene rings is 1. The van der Waals surface area contributed by atoms with Crippen molar-refractivity contribution in [2.45, 2.75) is 20.8 Å². The van der Waals surface area contributed by atoms with Crippen LogP contribution in [0.4, 0.5) is 4.39 Å². The number of H-pyrrole nitrogens is 1.